The van der Waals surface area contributed by atoms with E-state index in [-0.39, 0.29) is 0 Å². The molecule has 0 aromatic carbocycles. The number of hydrogen-bond acceptors (Lipinski definition) is 1. The van der Waals surface area contributed by atoms with Crippen molar-refractivity contribution in [2.24, 2.45) is 0 Å². The molecule has 0 rings (SSSR count). The van der Waals surface area contributed by atoms with Gasteiger partial charge in [-0.05, 0) is 34.1 Å². The Labute approximate surface area is 77.5 Å². The van der Waals surface area contributed by atoms with E-state index in [4.69, 9.17) is 0 Å². The molecule has 0 spiro atoms. The van der Waals surface area contributed by atoms with Gasteiger partial charge in [0.1, 0.15) is 0 Å². The summed E-state index contributed by atoms with van der Waals surface area (Å²) in [6.07, 6.45) is 1.09. The lowest BCUT2D eigenvalue weighted by atomic mass is 10.1. The van der Waals surface area contributed by atoms with Crippen LogP contribution in [0.4, 0.5) is 0 Å². The lowest BCUT2D eigenvalue weighted by molar-refractivity contribution is 0.190. The molecule has 0 amide bonds. The lowest BCUT2D eigenvalue weighted by Crippen LogP contribution is -2.38. The van der Waals surface area contributed by atoms with E-state index in [9.17, 15) is 0 Å². The van der Waals surface area contributed by atoms with Crippen molar-refractivity contribution in [1.29, 1.82) is 0 Å². The maximum absolute atomic E-state index is 4.04. The summed E-state index contributed by atoms with van der Waals surface area (Å²) in [6.45, 7) is 16.2. The van der Waals surface area contributed by atoms with Crippen LogP contribution in [-0.2, 0) is 0 Å². The van der Waals surface area contributed by atoms with Crippen LogP contribution in [0.2, 0.25) is 0 Å². The zero-order chi connectivity index (χ0) is 9.72. The third-order valence-electron chi connectivity index (χ3n) is 2.23. The van der Waals surface area contributed by atoms with E-state index in [0.717, 1.165) is 13.0 Å². The average molecular weight is 169 g/mol. The molecule has 0 radical (unpaired) electrons. The summed E-state index contributed by atoms with van der Waals surface area (Å²) in [6, 6.07) is 1.24. The van der Waals surface area contributed by atoms with Gasteiger partial charge in [0.15, 0.2) is 0 Å². The normalized spacial score (nSPS) is 11.7. The molecule has 1 nitrogen and oxygen atoms in total. The molecule has 0 unspecified atom stereocenters. The predicted octanol–water partition coefficient (Wildman–Crippen LogP) is 3.07. The first-order chi connectivity index (χ1) is 5.49. The van der Waals surface area contributed by atoms with Gasteiger partial charge >= 0.3 is 0 Å². The highest BCUT2D eigenvalue weighted by Gasteiger charge is 2.12. The third-order valence-corrected chi connectivity index (χ3v) is 2.23. The second-order valence-corrected chi connectivity index (χ2v) is 3.96. The van der Waals surface area contributed by atoms with E-state index in [1.165, 1.54) is 5.57 Å². The standard InChI is InChI=1S/C11H23N/c1-7-11(6)8-12(9(2)3)10(4)5/h9-10H,6-8H2,1-5H3. The van der Waals surface area contributed by atoms with Crippen LogP contribution in [0, 0.1) is 0 Å². The molecule has 0 aliphatic heterocycles. The quantitative estimate of drug-likeness (QED) is 0.572. The van der Waals surface area contributed by atoms with Crippen LogP contribution in [0.3, 0.4) is 0 Å². The van der Waals surface area contributed by atoms with Crippen LogP contribution in [0.5, 0.6) is 0 Å². The first-order valence-electron chi connectivity index (χ1n) is 4.91. The first kappa shape index (κ1) is 11.7. The molecule has 0 fully saturated rings. The van der Waals surface area contributed by atoms with Gasteiger partial charge < -0.3 is 0 Å². The Morgan fingerprint density at radius 1 is 1.17 bits per heavy atom. The Morgan fingerprint density at radius 3 is 1.83 bits per heavy atom. The molecule has 0 aliphatic rings. The third kappa shape index (κ3) is 3.91. The number of hydrogen-bond donors (Lipinski definition) is 0. The molecule has 0 saturated heterocycles. The average Bonchev–Trinajstić information content (AvgIpc) is 1.98. The summed E-state index contributed by atoms with van der Waals surface area (Å²) in [4.78, 5) is 2.46. The van der Waals surface area contributed by atoms with Crippen molar-refractivity contribution in [3.05, 3.63) is 12.2 Å². The zero-order valence-corrected chi connectivity index (χ0v) is 9.22. The van der Waals surface area contributed by atoms with Gasteiger partial charge in [0, 0.05) is 18.6 Å². The van der Waals surface area contributed by atoms with E-state index in [1.54, 1.807) is 0 Å². The van der Waals surface area contributed by atoms with Crippen LogP contribution in [0.1, 0.15) is 41.0 Å². The molecule has 0 atom stereocenters. The molecule has 12 heavy (non-hydrogen) atoms. The van der Waals surface area contributed by atoms with Gasteiger partial charge in [-0.25, -0.2) is 0 Å². The van der Waals surface area contributed by atoms with Crippen molar-refractivity contribution >= 4 is 0 Å². The fourth-order valence-electron chi connectivity index (χ4n) is 1.33. The van der Waals surface area contributed by atoms with E-state index in [1.807, 2.05) is 0 Å². The maximum Gasteiger partial charge on any atom is 0.0195 e. The van der Waals surface area contributed by atoms with Gasteiger partial charge in [0.05, 0.1) is 0 Å². The smallest absolute Gasteiger partial charge is 0.0195 e. The summed E-state index contributed by atoms with van der Waals surface area (Å²) in [5.41, 5.74) is 1.33. The second-order valence-electron chi connectivity index (χ2n) is 3.96. The van der Waals surface area contributed by atoms with Gasteiger partial charge in [-0.2, -0.15) is 0 Å². The van der Waals surface area contributed by atoms with E-state index < -0.39 is 0 Å². The van der Waals surface area contributed by atoms with Gasteiger partial charge in [-0.15, -0.1) is 0 Å². The maximum atomic E-state index is 4.04. The van der Waals surface area contributed by atoms with E-state index in [0.29, 0.717) is 12.1 Å². The molecule has 0 bridgehead atoms. The highest BCUT2D eigenvalue weighted by atomic mass is 15.2. The minimum Gasteiger partial charge on any atom is -0.295 e. The predicted molar refractivity (Wildman–Crippen MR) is 56.4 cm³/mol. The van der Waals surface area contributed by atoms with Gasteiger partial charge in [0.2, 0.25) is 0 Å². The van der Waals surface area contributed by atoms with Crippen molar-refractivity contribution in [1.82, 2.24) is 4.90 Å². The van der Waals surface area contributed by atoms with Crippen LogP contribution < -0.4 is 0 Å². The monoisotopic (exact) mass is 169 g/mol. The Bertz CT molecular complexity index is 128. The molecule has 0 aliphatic carbocycles. The van der Waals surface area contributed by atoms with Crippen molar-refractivity contribution in [2.75, 3.05) is 6.54 Å². The fraction of sp³-hybridized carbons (Fsp3) is 0.818. The Morgan fingerprint density at radius 2 is 1.58 bits per heavy atom. The number of nitrogens with zero attached hydrogens (tertiary/aromatic N) is 1. The summed E-state index contributed by atoms with van der Waals surface area (Å²) < 4.78 is 0. The van der Waals surface area contributed by atoms with E-state index >= 15 is 0 Å². The van der Waals surface area contributed by atoms with Crippen LogP contribution >= 0.6 is 0 Å². The van der Waals surface area contributed by atoms with Crippen LogP contribution in [0.25, 0.3) is 0 Å². The topological polar surface area (TPSA) is 3.24 Å². The molecular formula is C11H23N. The summed E-state index contributed by atoms with van der Waals surface area (Å²) >= 11 is 0. The molecule has 0 heterocycles. The van der Waals surface area contributed by atoms with Gasteiger partial charge in [0.25, 0.3) is 0 Å². The highest BCUT2D eigenvalue weighted by Crippen LogP contribution is 2.09. The lowest BCUT2D eigenvalue weighted by Gasteiger charge is -2.31. The van der Waals surface area contributed by atoms with Crippen molar-refractivity contribution in [3.63, 3.8) is 0 Å². The van der Waals surface area contributed by atoms with Crippen LogP contribution in [-0.4, -0.2) is 23.5 Å². The summed E-state index contributed by atoms with van der Waals surface area (Å²) in [7, 11) is 0. The second kappa shape index (κ2) is 5.36. The number of rotatable bonds is 5. The zero-order valence-electron chi connectivity index (χ0n) is 9.22. The van der Waals surface area contributed by atoms with Crippen molar-refractivity contribution in [2.45, 2.75) is 53.1 Å². The van der Waals surface area contributed by atoms with Crippen molar-refractivity contribution in [3.8, 4) is 0 Å². The van der Waals surface area contributed by atoms with Gasteiger partial charge in [-0.3, -0.25) is 4.90 Å². The Kier molecular flexibility index (Phi) is 5.23. The fourth-order valence-corrected chi connectivity index (χ4v) is 1.33. The Hall–Kier alpha value is -0.300. The van der Waals surface area contributed by atoms with Crippen LogP contribution in [0.15, 0.2) is 12.2 Å². The SMILES string of the molecule is C=C(CC)CN(C(C)C)C(C)C. The minimum absolute atomic E-state index is 0.619. The largest absolute Gasteiger partial charge is 0.295 e. The molecule has 0 aromatic heterocycles. The molecule has 0 saturated carbocycles. The van der Waals surface area contributed by atoms with E-state index in [2.05, 4.69) is 46.1 Å². The Balaban J connectivity index is 4.05. The molecule has 72 valence electrons. The molecule has 0 aromatic rings. The summed E-state index contributed by atoms with van der Waals surface area (Å²) in [5, 5.41) is 0. The molecule has 0 N–H and O–H groups in total. The molecule has 1 heteroatoms. The molecular weight excluding hydrogens is 146 g/mol. The first-order valence-corrected chi connectivity index (χ1v) is 4.91. The highest BCUT2D eigenvalue weighted by molar-refractivity contribution is 4.97. The van der Waals surface area contributed by atoms with Crippen molar-refractivity contribution < 1.29 is 0 Å². The van der Waals surface area contributed by atoms with Gasteiger partial charge in [-0.1, -0.05) is 19.1 Å². The minimum atomic E-state index is 0.619. The summed E-state index contributed by atoms with van der Waals surface area (Å²) in [5.74, 6) is 0.